The lowest BCUT2D eigenvalue weighted by atomic mass is 10.1. The fourth-order valence-electron chi connectivity index (χ4n) is 2.08. The van der Waals surface area contributed by atoms with Crippen LogP contribution in [-0.2, 0) is 14.3 Å². The minimum atomic E-state index is -0.0620. The van der Waals surface area contributed by atoms with Gasteiger partial charge in [-0.1, -0.05) is 0 Å². The van der Waals surface area contributed by atoms with Gasteiger partial charge in [-0.05, 0) is 6.42 Å². The van der Waals surface area contributed by atoms with Crippen LogP contribution in [0, 0.1) is 0 Å². The van der Waals surface area contributed by atoms with Gasteiger partial charge in [0.15, 0.2) is 0 Å². The summed E-state index contributed by atoms with van der Waals surface area (Å²) in [5.41, 5.74) is 0. The third-order valence-electron chi connectivity index (χ3n) is 3.04. The first-order valence-corrected chi connectivity index (χ1v) is 5.44. The third kappa shape index (κ3) is 2.48. The molecular formula is C10H18N2O3. The van der Waals surface area contributed by atoms with Crippen LogP contribution in [0.4, 0.5) is 0 Å². The molecular weight excluding hydrogens is 196 g/mol. The van der Waals surface area contributed by atoms with E-state index in [1.807, 2.05) is 4.90 Å². The van der Waals surface area contributed by atoms with E-state index in [0.29, 0.717) is 26.3 Å². The average molecular weight is 214 g/mol. The summed E-state index contributed by atoms with van der Waals surface area (Å²) in [5.74, 6) is 0.192. The fourth-order valence-corrected chi connectivity index (χ4v) is 2.08. The molecule has 5 heteroatoms. The van der Waals surface area contributed by atoms with E-state index in [9.17, 15) is 4.79 Å². The van der Waals surface area contributed by atoms with E-state index in [0.717, 1.165) is 13.0 Å². The second kappa shape index (κ2) is 4.92. The molecule has 5 nitrogen and oxygen atoms in total. The molecule has 0 bridgehead atoms. The highest BCUT2D eigenvalue weighted by Gasteiger charge is 2.32. The van der Waals surface area contributed by atoms with Crippen molar-refractivity contribution in [1.29, 1.82) is 0 Å². The predicted octanol–water partition coefficient (Wildman–Crippen LogP) is -0.778. The minimum Gasteiger partial charge on any atom is -0.380 e. The highest BCUT2D eigenvalue weighted by molar-refractivity contribution is 5.82. The number of morpholine rings is 1. The molecule has 2 fully saturated rings. The van der Waals surface area contributed by atoms with Crippen molar-refractivity contribution in [2.75, 3.05) is 40.0 Å². The number of nitrogens with one attached hydrogen (secondary N) is 1. The Morgan fingerprint density at radius 3 is 2.80 bits per heavy atom. The van der Waals surface area contributed by atoms with Crippen LogP contribution >= 0.6 is 0 Å². The maximum Gasteiger partial charge on any atom is 0.239 e. The van der Waals surface area contributed by atoms with E-state index in [2.05, 4.69) is 5.32 Å². The second-order valence-corrected chi connectivity index (χ2v) is 3.99. The molecule has 2 rings (SSSR count). The van der Waals surface area contributed by atoms with Crippen molar-refractivity contribution in [3.8, 4) is 0 Å². The highest BCUT2D eigenvalue weighted by Crippen LogP contribution is 2.12. The summed E-state index contributed by atoms with van der Waals surface area (Å²) >= 11 is 0. The zero-order chi connectivity index (χ0) is 10.7. The Kier molecular flexibility index (Phi) is 3.56. The van der Waals surface area contributed by atoms with Crippen molar-refractivity contribution in [1.82, 2.24) is 10.2 Å². The van der Waals surface area contributed by atoms with Gasteiger partial charge < -0.3 is 19.7 Å². The lowest BCUT2D eigenvalue weighted by Gasteiger charge is -2.29. The number of ether oxygens (including phenoxy) is 2. The van der Waals surface area contributed by atoms with Crippen LogP contribution in [0.3, 0.4) is 0 Å². The molecule has 2 atom stereocenters. The Bertz CT molecular complexity index is 229. The van der Waals surface area contributed by atoms with Gasteiger partial charge in [-0.3, -0.25) is 4.79 Å². The van der Waals surface area contributed by atoms with Crippen LogP contribution < -0.4 is 5.32 Å². The number of methoxy groups -OCH3 is 1. The summed E-state index contributed by atoms with van der Waals surface area (Å²) in [7, 11) is 1.69. The number of nitrogens with zero attached hydrogens (tertiary/aromatic N) is 1. The zero-order valence-corrected chi connectivity index (χ0v) is 9.07. The first kappa shape index (κ1) is 10.9. The first-order valence-electron chi connectivity index (χ1n) is 5.44. The molecule has 2 aliphatic heterocycles. The lowest BCUT2D eigenvalue weighted by molar-refractivity contribution is -0.137. The third-order valence-corrected chi connectivity index (χ3v) is 3.04. The molecule has 0 unspecified atom stereocenters. The van der Waals surface area contributed by atoms with Crippen LogP contribution in [0.25, 0.3) is 0 Å². The Balaban J connectivity index is 1.85. The number of hydrogen-bond acceptors (Lipinski definition) is 4. The van der Waals surface area contributed by atoms with Gasteiger partial charge in [0, 0.05) is 26.7 Å². The molecule has 15 heavy (non-hydrogen) atoms. The number of rotatable bonds is 2. The van der Waals surface area contributed by atoms with Gasteiger partial charge in [-0.15, -0.1) is 0 Å². The molecule has 0 saturated carbocycles. The SMILES string of the molecule is CO[C@H]1CN[C@H](C(=O)N2CCOCC2)C1. The summed E-state index contributed by atoms with van der Waals surface area (Å²) in [6, 6.07) is -0.0620. The van der Waals surface area contributed by atoms with Crippen LogP contribution in [0.5, 0.6) is 0 Å². The van der Waals surface area contributed by atoms with E-state index < -0.39 is 0 Å². The van der Waals surface area contributed by atoms with Crippen LogP contribution in [0.1, 0.15) is 6.42 Å². The molecule has 1 N–H and O–H groups in total. The quantitative estimate of drug-likeness (QED) is 0.655. The van der Waals surface area contributed by atoms with Gasteiger partial charge in [-0.25, -0.2) is 0 Å². The van der Waals surface area contributed by atoms with Crippen LogP contribution in [0.2, 0.25) is 0 Å². The van der Waals surface area contributed by atoms with Gasteiger partial charge in [0.25, 0.3) is 0 Å². The van der Waals surface area contributed by atoms with Gasteiger partial charge in [0.2, 0.25) is 5.91 Å². The molecule has 0 aromatic rings. The molecule has 0 aromatic carbocycles. The standard InChI is InChI=1S/C10H18N2O3/c1-14-8-6-9(11-7-8)10(13)12-2-4-15-5-3-12/h8-9,11H,2-7H2,1H3/t8-,9+/m1/s1. The summed E-state index contributed by atoms with van der Waals surface area (Å²) in [6.45, 7) is 3.53. The molecule has 86 valence electrons. The van der Waals surface area contributed by atoms with E-state index in [1.165, 1.54) is 0 Å². The van der Waals surface area contributed by atoms with E-state index in [-0.39, 0.29) is 18.1 Å². The summed E-state index contributed by atoms with van der Waals surface area (Å²) < 4.78 is 10.4. The molecule has 2 aliphatic rings. The van der Waals surface area contributed by atoms with Gasteiger partial charge in [-0.2, -0.15) is 0 Å². The van der Waals surface area contributed by atoms with E-state index in [4.69, 9.17) is 9.47 Å². The topological polar surface area (TPSA) is 50.8 Å². The summed E-state index contributed by atoms with van der Waals surface area (Å²) in [6.07, 6.45) is 0.965. The van der Waals surface area contributed by atoms with Crippen molar-refractivity contribution >= 4 is 5.91 Å². The Hall–Kier alpha value is -0.650. The van der Waals surface area contributed by atoms with E-state index in [1.54, 1.807) is 7.11 Å². The minimum absolute atomic E-state index is 0.0620. The maximum atomic E-state index is 12.0. The van der Waals surface area contributed by atoms with Crippen molar-refractivity contribution in [2.45, 2.75) is 18.6 Å². The van der Waals surface area contributed by atoms with Gasteiger partial charge in [0.05, 0.1) is 25.4 Å². The van der Waals surface area contributed by atoms with Gasteiger partial charge in [0.1, 0.15) is 0 Å². The number of carbonyl (C=O) groups excluding carboxylic acids is 1. The predicted molar refractivity (Wildman–Crippen MR) is 54.6 cm³/mol. The molecule has 1 amide bonds. The lowest BCUT2D eigenvalue weighted by Crippen LogP contribution is -2.48. The van der Waals surface area contributed by atoms with Crippen LogP contribution in [-0.4, -0.2) is 62.9 Å². The normalized spacial score (nSPS) is 31.9. The van der Waals surface area contributed by atoms with Crippen molar-refractivity contribution in [3.05, 3.63) is 0 Å². The molecule has 0 spiro atoms. The second-order valence-electron chi connectivity index (χ2n) is 3.99. The number of amides is 1. The summed E-state index contributed by atoms with van der Waals surface area (Å²) in [5, 5.41) is 3.20. The monoisotopic (exact) mass is 214 g/mol. The average Bonchev–Trinajstić information content (AvgIpc) is 2.78. The largest absolute Gasteiger partial charge is 0.380 e. The van der Waals surface area contributed by atoms with E-state index >= 15 is 0 Å². The zero-order valence-electron chi connectivity index (χ0n) is 9.07. The Morgan fingerprint density at radius 2 is 2.20 bits per heavy atom. The molecule has 0 aromatic heterocycles. The molecule has 0 aliphatic carbocycles. The summed E-state index contributed by atoms with van der Waals surface area (Å²) in [4.78, 5) is 13.9. The van der Waals surface area contributed by atoms with Crippen molar-refractivity contribution in [3.63, 3.8) is 0 Å². The highest BCUT2D eigenvalue weighted by atomic mass is 16.5. The Labute approximate surface area is 89.7 Å². The molecule has 2 saturated heterocycles. The Morgan fingerprint density at radius 1 is 1.47 bits per heavy atom. The van der Waals surface area contributed by atoms with Crippen molar-refractivity contribution < 1.29 is 14.3 Å². The number of carbonyl (C=O) groups is 1. The fraction of sp³-hybridized carbons (Fsp3) is 0.900. The first-order chi connectivity index (χ1) is 7.31. The molecule has 2 heterocycles. The maximum absolute atomic E-state index is 12.0. The van der Waals surface area contributed by atoms with Gasteiger partial charge >= 0.3 is 0 Å². The van der Waals surface area contributed by atoms with Crippen molar-refractivity contribution in [2.24, 2.45) is 0 Å². The smallest absolute Gasteiger partial charge is 0.239 e. The van der Waals surface area contributed by atoms with Crippen LogP contribution in [0.15, 0.2) is 0 Å². The number of hydrogen-bond donors (Lipinski definition) is 1. The molecule has 0 radical (unpaired) electrons.